The average Bonchev–Trinajstić information content (AvgIpc) is 2.75. The summed E-state index contributed by atoms with van der Waals surface area (Å²) in [4.78, 5) is 11.6. The third-order valence-corrected chi connectivity index (χ3v) is 2.65. The van der Waals surface area contributed by atoms with Gasteiger partial charge in [0.15, 0.2) is 0 Å². The maximum atomic E-state index is 12.3. The standard InChI is InChI=1S/C10H6F3N3O2S/c11-10(12,13)5-1-3-6(4-2-5)18-9(17)7-8(14)19-16-15-7/h1-4H,14H2. The minimum Gasteiger partial charge on any atom is -0.422 e. The molecule has 0 radical (unpaired) electrons. The van der Waals surface area contributed by atoms with Crippen LogP contribution in [-0.2, 0) is 6.18 Å². The first-order valence-electron chi connectivity index (χ1n) is 4.85. The van der Waals surface area contributed by atoms with Gasteiger partial charge in [-0.2, -0.15) is 13.2 Å². The number of esters is 1. The number of benzene rings is 1. The van der Waals surface area contributed by atoms with Crippen molar-refractivity contribution >= 4 is 22.5 Å². The first-order valence-corrected chi connectivity index (χ1v) is 5.62. The van der Waals surface area contributed by atoms with Crippen LogP contribution in [0, 0.1) is 0 Å². The summed E-state index contributed by atoms with van der Waals surface area (Å²) in [5.74, 6) is -0.906. The summed E-state index contributed by atoms with van der Waals surface area (Å²) in [7, 11) is 0. The zero-order valence-corrected chi connectivity index (χ0v) is 9.96. The van der Waals surface area contributed by atoms with E-state index in [-0.39, 0.29) is 16.4 Å². The van der Waals surface area contributed by atoms with Gasteiger partial charge in [-0.3, -0.25) is 0 Å². The topological polar surface area (TPSA) is 78.1 Å². The Morgan fingerprint density at radius 2 is 1.89 bits per heavy atom. The predicted octanol–water partition coefficient (Wildman–Crippen LogP) is 2.36. The number of hydrogen-bond acceptors (Lipinski definition) is 6. The van der Waals surface area contributed by atoms with Crippen LogP contribution in [0.1, 0.15) is 16.1 Å². The quantitative estimate of drug-likeness (QED) is 0.678. The summed E-state index contributed by atoms with van der Waals surface area (Å²) in [5, 5.41) is 3.54. The van der Waals surface area contributed by atoms with Crippen molar-refractivity contribution in [3.63, 3.8) is 0 Å². The van der Waals surface area contributed by atoms with Crippen LogP contribution in [0.4, 0.5) is 18.2 Å². The van der Waals surface area contributed by atoms with Crippen molar-refractivity contribution in [2.45, 2.75) is 6.18 Å². The summed E-state index contributed by atoms with van der Waals surface area (Å²) in [5.41, 5.74) is 4.43. The lowest BCUT2D eigenvalue weighted by Gasteiger charge is -2.07. The molecule has 1 aromatic heterocycles. The van der Waals surface area contributed by atoms with Crippen molar-refractivity contribution in [3.05, 3.63) is 35.5 Å². The van der Waals surface area contributed by atoms with Gasteiger partial charge in [0.25, 0.3) is 0 Å². The van der Waals surface area contributed by atoms with Gasteiger partial charge < -0.3 is 10.5 Å². The molecule has 0 unspecified atom stereocenters. The number of aromatic nitrogens is 2. The number of alkyl halides is 3. The molecular formula is C10H6F3N3O2S. The third-order valence-electron chi connectivity index (χ3n) is 2.10. The number of rotatable bonds is 2. The van der Waals surface area contributed by atoms with E-state index in [0.717, 1.165) is 35.8 Å². The molecule has 100 valence electrons. The van der Waals surface area contributed by atoms with Gasteiger partial charge in [-0.25, -0.2) is 4.79 Å². The normalized spacial score (nSPS) is 11.3. The first-order chi connectivity index (χ1) is 8.88. The Morgan fingerprint density at radius 1 is 1.26 bits per heavy atom. The van der Waals surface area contributed by atoms with Crippen LogP contribution in [0.15, 0.2) is 24.3 Å². The summed E-state index contributed by atoms with van der Waals surface area (Å²) >= 11 is 0.816. The number of hydrogen-bond donors (Lipinski definition) is 1. The molecule has 2 N–H and O–H groups in total. The van der Waals surface area contributed by atoms with Crippen molar-refractivity contribution in [2.75, 3.05) is 5.73 Å². The number of nitrogen functional groups attached to an aromatic ring is 1. The maximum Gasteiger partial charge on any atom is 0.416 e. The predicted molar refractivity (Wildman–Crippen MR) is 60.7 cm³/mol. The number of anilines is 1. The van der Waals surface area contributed by atoms with E-state index in [1.807, 2.05) is 0 Å². The molecule has 2 rings (SSSR count). The lowest BCUT2D eigenvalue weighted by molar-refractivity contribution is -0.137. The van der Waals surface area contributed by atoms with Crippen molar-refractivity contribution < 1.29 is 22.7 Å². The number of carbonyl (C=O) groups is 1. The molecule has 0 atom stereocenters. The minimum absolute atomic E-state index is 0.0367. The highest BCUT2D eigenvalue weighted by molar-refractivity contribution is 7.10. The molecule has 0 aliphatic heterocycles. The minimum atomic E-state index is -4.44. The van der Waals surface area contributed by atoms with Crippen LogP contribution in [-0.4, -0.2) is 15.6 Å². The van der Waals surface area contributed by atoms with Gasteiger partial charge in [0.2, 0.25) is 5.69 Å². The molecular weight excluding hydrogens is 283 g/mol. The van der Waals surface area contributed by atoms with Crippen LogP contribution < -0.4 is 10.5 Å². The highest BCUT2D eigenvalue weighted by atomic mass is 32.1. The number of carbonyl (C=O) groups excluding carboxylic acids is 1. The highest BCUT2D eigenvalue weighted by Crippen LogP contribution is 2.30. The van der Waals surface area contributed by atoms with Crippen LogP contribution >= 0.6 is 11.5 Å². The lowest BCUT2D eigenvalue weighted by atomic mass is 10.2. The maximum absolute atomic E-state index is 12.3. The fourth-order valence-electron chi connectivity index (χ4n) is 1.21. The molecule has 0 spiro atoms. The van der Waals surface area contributed by atoms with E-state index in [0.29, 0.717) is 0 Å². The Kier molecular flexibility index (Phi) is 3.38. The Balaban J connectivity index is 2.12. The smallest absolute Gasteiger partial charge is 0.416 e. The van der Waals surface area contributed by atoms with E-state index in [9.17, 15) is 18.0 Å². The molecule has 9 heteroatoms. The largest absolute Gasteiger partial charge is 0.422 e. The number of halogens is 3. The molecule has 0 amide bonds. The van der Waals surface area contributed by atoms with Crippen LogP contribution in [0.3, 0.4) is 0 Å². The number of nitrogens with zero attached hydrogens (tertiary/aromatic N) is 2. The van der Waals surface area contributed by atoms with Crippen molar-refractivity contribution in [2.24, 2.45) is 0 Å². The Bertz CT molecular complexity index is 595. The first kappa shape index (κ1) is 13.3. The fourth-order valence-corrected chi connectivity index (χ4v) is 1.63. The fraction of sp³-hybridized carbons (Fsp3) is 0.100. The molecule has 19 heavy (non-hydrogen) atoms. The zero-order valence-electron chi connectivity index (χ0n) is 9.14. The molecule has 0 bridgehead atoms. The molecule has 5 nitrogen and oxygen atoms in total. The Labute approximate surface area is 109 Å². The molecule has 0 aliphatic rings. The summed E-state index contributed by atoms with van der Waals surface area (Å²) in [6.45, 7) is 0. The number of nitrogens with two attached hydrogens (primary N) is 1. The van der Waals surface area contributed by atoms with Gasteiger partial charge in [-0.15, -0.1) is 5.10 Å². The summed E-state index contributed by atoms with van der Waals surface area (Å²) < 4.78 is 45.2. The SMILES string of the molecule is Nc1snnc1C(=O)Oc1ccc(C(F)(F)F)cc1. The average molecular weight is 289 g/mol. The second kappa shape index (κ2) is 4.84. The van der Waals surface area contributed by atoms with E-state index in [4.69, 9.17) is 10.5 Å². The van der Waals surface area contributed by atoms with E-state index in [1.54, 1.807) is 0 Å². The van der Waals surface area contributed by atoms with Gasteiger partial charge in [0.1, 0.15) is 10.8 Å². The Hall–Kier alpha value is -2.16. The van der Waals surface area contributed by atoms with Crippen molar-refractivity contribution in [1.82, 2.24) is 9.59 Å². The van der Waals surface area contributed by atoms with Gasteiger partial charge in [0.05, 0.1) is 5.56 Å². The Morgan fingerprint density at radius 3 is 2.37 bits per heavy atom. The van der Waals surface area contributed by atoms with Gasteiger partial charge in [-0.05, 0) is 24.3 Å². The molecule has 1 heterocycles. The van der Waals surface area contributed by atoms with E-state index in [2.05, 4.69) is 9.59 Å². The second-order valence-corrected chi connectivity index (χ2v) is 4.18. The van der Waals surface area contributed by atoms with Crippen LogP contribution in [0.25, 0.3) is 0 Å². The monoisotopic (exact) mass is 289 g/mol. The molecule has 0 saturated carbocycles. The second-order valence-electron chi connectivity index (χ2n) is 3.40. The summed E-state index contributed by atoms with van der Waals surface area (Å²) in [6, 6.07) is 3.70. The van der Waals surface area contributed by atoms with Gasteiger partial charge in [0, 0.05) is 11.5 Å². The van der Waals surface area contributed by atoms with Crippen LogP contribution in [0.2, 0.25) is 0 Å². The molecule has 1 aromatic carbocycles. The van der Waals surface area contributed by atoms with E-state index in [1.165, 1.54) is 0 Å². The van der Waals surface area contributed by atoms with E-state index >= 15 is 0 Å². The van der Waals surface area contributed by atoms with Gasteiger partial charge >= 0.3 is 12.1 Å². The zero-order chi connectivity index (χ0) is 14.0. The third kappa shape index (κ3) is 2.99. The molecule has 0 fully saturated rings. The van der Waals surface area contributed by atoms with Crippen molar-refractivity contribution in [1.29, 1.82) is 0 Å². The van der Waals surface area contributed by atoms with Gasteiger partial charge in [-0.1, -0.05) is 4.49 Å². The molecule has 2 aromatic rings. The molecule has 0 aliphatic carbocycles. The van der Waals surface area contributed by atoms with Crippen molar-refractivity contribution in [3.8, 4) is 5.75 Å². The highest BCUT2D eigenvalue weighted by Gasteiger charge is 2.30. The summed E-state index contributed by atoms with van der Waals surface area (Å²) in [6.07, 6.45) is -4.44. The lowest BCUT2D eigenvalue weighted by Crippen LogP contribution is -2.11. The van der Waals surface area contributed by atoms with E-state index < -0.39 is 17.7 Å². The number of ether oxygens (including phenoxy) is 1. The molecule has 0 saturated heterocycles. The van der Waals surface area contributed by atoms with Crippen LogP contribution in [0.5, 0.6) is 5.75 Å².